The highest BCUT2D eigenvalue weighted by molar-refractivity contribution is 6.04. The van der Waals surface area contributed by atoms with Crippen molar-refractivity contribution in [1.82, 2.24) is 24.5 Å². The largest absolute Gasteiger partial charge is 0.305 e. The van der Waals surface area contributed by atoms with Gasteiger partial charge in [-0.25, -0.2) is 14.1 Å². The van der Waals surface area contributed by atoms with E-state index in [2.05, 4.69) is 36.2 Å². The smallest absolute Gasteiger partial charge is 0.277 e. The van der Waals surface area contributed by atoms with Crippen LogP contribution in [0.25, 0.3) is 11.5 Å². The zero-order chi connectivity index (χ0) is 23.2. The molecule has 8 heteroatoms. The van der Waals surface area contributed by atoms with Gasteiger partial charge in [-0.3, -0.25) is 4.79 Å². The molecule has 0 aliphatic heterocycles. The van der Waals surface area contributed by atoms with Gasteiger partial charge in [-0.05, 0) is 55.7 Å². The van der Waals surface area contributed by atoms with Crippen molar-refractivity contribution in [3.05, 3.63) is 83.2 Å². The van der Waals surface area contributed by atoms with Gasteiger partial charge in [-0.2, -0.15) is 14.9 Å². The Hall–Kier alpha value is -3.81. The summed E-state index contributed by atoms with van der Waals surface area (Å²) in [6.45, 7) is 6.21. The van der Waals surface area contributed by atoms with E-state index < -0.39 is 0 Å². The third-order valence-electron chi connectivity index (χ3n) is 5.80. The lowest BCUT2D eigenvalue weighted by Gasteiger charge is -2.13. The lowest BCUT2D eigenvalue weighted by molar-refractivity contribution is 0.102. The Balaban J connectivity index is 1.53. The number of nitrogens with zero attached hydrogens (tertiary/aromatic N) is 5. The summed E-state index contributed by atoms with van der Waals surface area (Å²) in [5.41, 5.74) is 3.70. The molecule has 7 nitrogen and oxygen atoms in total. The number of pyridine rings is 1. The molecular formula is C25H25FN6O. The number of rotatable bonds is 4. The highest BCUT2D eigenvalue weighted by Gasteiger charge is 2.28. The molecule has 1 aromatic carbocycles. The van der Waals surface area contributed by atoms with E-state index in [1.54, 1.807) is 27.7 Å². The number of fused-ring (bicyclic) bond motifs is 1. The number of carbonyl (C=O) groups excluding carboxylic acids is 1. The fourth-order valence-corrected chi connectivity index (χ4v) is 4.08. The number of nitrogens with one attached hydrogen (secondary N) is 1. The molecule has 1 aliphatic carbocycles. The van der Waals surface area contributed by atoms with Crippen molar-refractivity contribution in [2.24, 2.45) is 0 Å². The minimum Gasteiger partial charge on any atom is -0.305 e. The van der Waals surface area contributed by atoms with Gasteiger partial charge in [0.15, 0.2) is 11.5 Å². The molecule has 0 atom stereocenters. The van der Waals surface area contributed by atoms with Crippen LogP contribution in [0.4, 0.5) is 10.2 Å². The summed E-state index contributed by atoms with van der Waals surface area (Å²) in [6.07, 6.45) is 4.25. The molecule has 0 unspecified atom stereocenters. The second-order valence-corrected chi connectivity index (χ2v) is 9.23. The summed E-state index contributed by atoms with van der Waals surface area (Å²) in [5.74, 6) is 0.543. The van der Waals surface area contributed by atoms with Crippen molar-refractivity contribution in [1.29, 1.82) is 0 Å². The number of halogens is 1. The average Bonchev–Trinajstić information content (AvgIpc) is 3.50. The highest BCUT2D eigenvalue weighted by atomic mass is 19.1. The molecule has 1 amide bonds. The monoisotopic (exact) mass is 444 g/mol. The van der Waals surface area contributed by atoms with E-state index in [0.717, 1.165) is 41.9 Å². The van der Waals surface area contributed by atoms with Crippen LogP contribution >= 0.6 is 0 Å². The van der Waals surface area contributed by atoms with Crippen molar-refractivity contribution in [3.8, 4) is 11.5 Å². The Bertz CT molecular complexity index is 1320. The van der Waals surface area contributed by atoms with Gasteiger partial charge in [0.1, 0.15) is 11.6 Å². The number of benzene rings is 1. The maximum Gasteiger partial charge on any atom is 0.277 e. The van der Waals surface area contributed by atoms with Crippen LogP contribution in [0.1, 0.15) is 54.6 Å². The Morgan fingerprint density at radius 3 is 2.52 bits per heavy atom. The number of hydrogen-bond acceptors (Lipinski definition) is 4. The fourth-order valence-electron chi connectivity index (χ4n) is 4.08. The molecular weight excluding hydrogens is 419 g/mol. The zero-order valence-electron chi connectivity index (χ0n) is 18.8. The van der Waals surface area contributed by atoms with Crippen molar-refractivity contribution in [2.75, 3.05) is 5.32 Å². The Morgan fingerprint density at radius 2 is 1.82 bits per heavy atom. The maximum atomic E-state index is 13.4. The van der Waals surface area contributed by atoms with E-state index in [-0.39, 0.29) is 17.1 Å². The van der Waals surface area contributed by atoms with E-state index in [1.165, 1.54) is 12.1 Å². The molecule has 1 N–H and O–H groups in total. The van der Waals surface area contributed by atoms with Gasteiger partial charge in [0.05, 0.1) is 11.4 Å². The second kappa shape index (κ2) is 7.95. The molecule has 4 aromatic rings. The Kier molecular flexibility index (Phi) is 5.08. The van der Waals surface area contributed by atoms with Crippen molar-refractivity contribution in [2.45, 2.75) is 45.4 Å². The molecule has 168 valence electrons. The molecule has 1 aliphatic rings. The van der Waals surface area contributed by atoms with Gasteiger partial charge in [0.25, 0.3) is 5.91 Å². The number of amides is 1. The van der Waals surface area contributed by atoms with Crippen LogP contribution in [-0.4, -0.2) is 30.5 Å². The molecule has 0 fully saturated rings. The highest BCUT2D eigenvalue weighted by Crippen LogP contribution is 2.30. The Morgan fingerprint density at radius 1 is 1.03 bits per heavy atom. The van der Waals surface area contributed by atoms with E-state index in [1.807, 2.05) is 24.3 Å². The van der Waals surface area contributed by atoms with E-state index >= 15 is 0 Å². The molecule has 3 heterocycles. The molecule has 33 heavy (non-hydrogen) atoms. The lowest BCUT2D eigenvalue weighted by Crippen LogP contribution is -2.17. The molecule has 0 spiro atoms. The quantitative estimate of drug-likeness (QED) is 0.498. The summed E-state index contributed by atoms with van der Waals surface area (Å²) in [5, 5.41) is 12.3. The second-order valence-electron chi connectivity index (χ2n) is 9.23. The van der Waals surface area contributed by atoms with Crippen LogP contribution in [-0.2, 0) is 18.3 Å². The third-order valence-corrected chi connectivity index (χ3v) is 5.80. The average molecular weight is 445 g/mol. The van der Waals surface area contributed by atoms with Crippen LogP contribution in [0.3, 0.4) is 0 Å². The number of carbonyl (C=O) groups is 1. The first kappa shape index (κ1) is 21.1. The summed E-state index contributed by atoms with van der Waals surface area (Å²) in [7, 11) is 0. The molecule has 0 radical (unpaired) electrons. The molecule has 0 bridgehead atoms. The summed E-state index contributed by atoms with van der Waals surface area (Å²) in [4.78, 5) is 17.8. The maximum absolute atomic E-state index is 13.4. The van der Waals surface area contributed by atoms with Gasteiger partial charge in [0.2, 0.25) is 0 Å². The molecule has 0 saturated heterocycles. The normalized spacial score (nSPS) is 13.2. The van der Waals surface area contributed by atoms with Crippen molar-refractivity contribution < 1.29 is 9.18 Å². The van der Waals surface area contributed by atoms with E-state index in [0.29, 0.717) is 17.3 Å². The molecule has 3 aromatic heterocycles. The van der Waals surface area contributed by atoms with Crippen molar-refractivity contribution >= 4 is 11.7 Å². The van der Waals surface area contributed by atoms with E-state index in [9.17, 15) is 9.18 Å². The fraction of sp³-hybridized carbons (Fsp3) is 0.280. The van der Waals surface area contributed by atoms with Crippen LogP contribution in [0, 0.1) is 5.82 Å². The third kappa shape index (κ3) is 3.92. The summed E-state index contributed by atoms with van der Waals surface area (Å²) >= 11 is 0. The predicted molar refractivity (Wildman–Crippen MR) is 124 cm³/mol. The number of hydrogen-bond donors (Lipinski definition) is 1. The first-order valence-corrected chi connectivity index (χ1v) is 11.0. The number of aromatic nitrogens is 5. The Labute approximate surface area is 191 Å². The van der Waals surface area contributed by atoms with Gasteiger partial charge in [-0.15, -0.1) is 0 Å². The summed E-state index contributed by atoms with van der Waals surface area (Å²) < 4.78 is 16.8. The topological polar surface area (TPSA) is 77.6 Å². The first-order valence-electron chi connectivity index (χ1n) is 11.0. The van der Waals surface area contributed by atoms with Crippen LogP contribution < -0.4 is 5.32 Å². The standard InChI is InChI=1S/C25H25FN6O/c1-25(2,3)20-15-22(32(29-20)21-9-4-5-14-27-21)28-24(33)23-18-7-6-8-19(18)31(30-23)17-12-10-16(26)11-13-17/h4-5,9-15H,6-8H2,1-3H3,(H,28,33). The minimum atomic E-state index is -0.307. The predicted octanol–water partition coefficient (Wildman–Crippen LogP) is 4.63. The van der Waals surface area contributed by atoms with E-state index in [4.69, 9.17) is 5.10 Å². The SMILES string of the molecule is CC(C)(C)c1cc(NC(=O)c2nn(-c3ccc(F)cc3)c3c2CCC3)n(-c2ccccn2)n1. The zero-order valence-corrected chi connectivity index (χ0v) is 18.8. The van der Waals surface area contributed by atoms with Crippen molar-refractivity contribution in [3.63, 3.8) is 0 Å². The van der Waals surface area contributed by atoms with Gasteiger partial charge in [-0.1, -0.05) is 26.8 Å². The van der Waals surface area contributed by atoms with Crippen LogP contribution in [0.2, 0.25) is 0 Å². The van der Waals surface area contributed by atoms with Gasteiger partial charge in [0, 0.05) is 28.9 Å². The van der Waals surface area contributed by atoms with Gasteiger partial charge < -0.3 is 5.32 Å². The van der Waals surface area contributed by atoms with Crippen LogP contribution in [0.5, 0.6) is 0 Å². The molecule has 5 rings (SSSR count). The lowest BCUT2D eigenvalue weighted by atomic mass is 9.92. The molecule has 0 saturated carbocycles. The van der Waals surface area contributed by atoms with Crippen LogP contribution in [0.15, 0.2) is 54.7 Å². The first-order chi connectivity index (χ1) is 15.8. The number of anilines is 1. The summed E-state index contributed by atoms with van der Waals surface area (Å²) in [6, 6.07) is 13.6. The minimum absolute atomic E-state index is 0.203. The van der Waals surface area contributed by atoms with Gasteiger partial charge >= 0.3 is 0 Å².